The molecule has 0 N–H and O–H groups in total. The van der Waals surface area contributed by atoms with Gasteiger partial charge < -0.3 is 4.74 Å². The summed E-state index contributed by atoms with van der Waals surface area (Å²) in [4.78, 5) is 12.2. The van der Waals surface area contributed by atoms with Gasteiger partial charge in [-0.2, -0.15) is 0 Å². The molecule has 23 heavy (non-hydrogen) atoms. The van der Waals surface area contributed by atoms with Crippen LogP contribution in [0.15, 0.2) is 54.6 Å². The van der Waals surface area contributed by atoms with Gasteiger partial charge >= 0.3 is 5.97 Å². The van der Waals surface area contributed by atoms with Gasteiger partial charge in [0.1, 0.15) is 0 Å². The summed E-state index contributed by atoms with van der Waals surface area (Å²) in [6.07, 6.45) is 6.63. The summed E-state index contributed by atoms with van der Waals surface area (Å²) in [5.74, 6) is 0.455. The highest BCUT2D eigenvalue weighted by molar-refractivity contribution is 5.77. The van der Waals surface area contributed by atoms with Crippen molar-refractivity contribution >= 4 is 5.97 Å². The zero-order chi connectivity index (χ0) is 15.9. The number of benzene rings is 2. The van der Waals surface area contributed by atoms with Crippen molar-refractivity contribution in [3.8, 4) is 11.1 Å². The second-order valence-electron chi connectivity index (χ2n) is 6.39. The summed E-state index contributed by atoms with van der Waals surface area (Å²) < 4.78 is 5.54. The van der Waals surface area contributed by atoms with Crippen molar-refractivity contribution in [3.05, 3.63) is 60.2 Å². The number of hydrogen-bond acceptors (Lipinski definition) is 2. The molecule has 0 atom stereocenters. The summed E-state index contributed by atoms with van der Waals surface area (Å²) in [6.45, 7) is 0.590. The minimum atomic E-state index is -0.112. The SMILES string of the molecule is O=C(Cc1ccccc1-c1ccccc1)OCC1CCCCC1. The van der Waals surface area contributed by atoms with Crippen LogP contribution in [0.2, 0.25) is 0 Å². The van der Waals surface area contributed by atoms with Crippen LogP contribution in [0.25, 0.3) is 11.1 Å². The van der Waals surface area contributed by atoms with Gasteiger partial charge in [-0.15, -0.1) is 0 Å². The van der Waals surface area contributed by atoms with Crippen LogP contribution in [0, 0.1) is 5.92 Å². The largest absolute Gasteiger partial charge is 0.465 e. The van der Waals surface area contributed by atoms with Crippen LogP contribution in [0.4, 0.5) is 0 Å². The third-order valence-electron chi connectivity index (χ3n) is 4.64. The van der Waals surface area contributed by atoms with Crippen LogP contribution in [0.3, 0.4) is 0 Å². The molecular formula is C21H24O2. The lowest BCUT2D eigenvalue weighted by Crippen LogP contribution is -2.18. The van der Waals surface area contributed by atoms with E-state index in [0.717, 1.165) is 16.7 Å². The van der Waals surface area contributed by atoms with Gasteiger partial charge in [0.15, 0.2) is 0 Å². The Morgan fingerprint density at radius 2 is 1.61 bits per heavy atom. The Balaban J connectivity index is 1.62. The van der Waals surface area contributed by atoms with Gasteiger partial charge in [0.2, 0.25) is 0 Å². The molecule has 3 rings (SSSR count). The molecule has 2 aromatic carbocycles. The van der Waals surface area contributed by atoms with E-state index in [1.54, 1.807) is 0 Å². The highest BCUT2D eigenvalue weighted by Crippen LogP contribution is 2.25. The summed E-state index contributed by atoms with van der Waals surface area (Å²) in [5.41, 5.74) is 3.29. The molecule has 1 aliphatic rings. The van der Waals surface area contributed by atoms with Crippen molar-refractivity contribution in [3.63, 3.8) is 0 Å². The molecule has 0 amide bonds. The van der Waals surface area contributed by atoms with Gasteiger partial charge in [-0.25, -0.2) is 0 Å². The number of carbonyl (C=O) groups is 1. The maximum atomic E-state index is 12.2. The number of hydrogen-bond donors (Lipinski definition) is 0. The van der Waals surface area contributed by atoms with Gasteiger partial charge in [-0.05, 0) is 35.4 Å². The fourth-order valence-electron chi connectivity index (χ4n) is 3.34. The van der Waals surface area contributed by atoms with E-state index in [2.05, 4.69) is 18.2 Å². The van der Waals surface area contributed by atoms with Crippen molar-refractivity contribution in [1.82, 2.24) is 0 Å². The molecule has 2 aromatic rings. The first-order valence-corrected chi connectivity index (χ1v) is 8.62. The predicted octanol–water partition coefficient (Wildman–Crippen LogP) is 5.02. The smallest absolute Gasteiger partial charge is 0.310 e. The third-order valence-corrected chi connectivity index (χ3v) is 4.64. The second kappa shape index (κ2) is 7.96. The molecule has 0 saturated heterocycles. The van der Waals surface area contributed by atoms with Crippen molar-refractivity contribution in [1.29, 1.82) is 0 Å². The van der Waals surface area contributed by atoms with Gasteiger partial charge in [-0.1, -0.05) is 73.9 Å². The minimum Gasteiger partial charge on any atom is -0.465 e. The number of ether oxygens (including phenoxy) is 1. The lowest BCUT2D eigenvalue weighted by atomic mass is 9.90. The van der Waals surface area contributed by atoms with E-state index in [9.17, 15) is 4.79 Å². The summed E-state index contributed by atoms with van der Waals surface area (Å²) >= 11 is 0. The Labute approximate surface area is 138 Å². The minimum absolute atomic E-state index is 0.112. The molecule has 0 unspecified atom stereocenters. The molecule has 1 fully saturated rings. The van der Waals surface area contributed by atoms with E-state index in [0.29, 0.717) is 18.9 Å². The molecule has 0 aromatic heterocycles. The molecule has 0 spiro atoms. The maximum absolute atomic E-state index is 12.2. The Morgan fingerprint density at radius 3 is 2.39 bits per heavy atom. The first kappa shape index (κ1) is 15.8. The molecule has 2 nitrogen and oxygen atoms in total. The van der Waals surface area contributed by atoms with Gasteiger partial charge in [0.25, 0.3) is 0 Å². The maximum Gasteiger partial charge on any atom is 0.310 e. The monoisotopic (exact) mass is 308 g/mol. The molecular weight excluding hydrogens is 284 g/mol. The molecule has 1 aliphatic carbocycles. The number of esters is 1. The second-order valence-corrected chi connectivity index (χ2v) is 6.39. The third kappa shape index (κ3) is 4.44. The first-order valence-electron chi connectivity index (χ1n) is 8.62. The molecule has 0 bridgehead atoms. The zero-order valence-electron chi connectivity index (χ0n) is 13.5. The standard InChI is InChI=1S/C21H24O2/c22-21(23-16-17-9-3-1-4-10-17)15-19-13-7-8-14-20(19)18-11-5-2-6-12-18/h2,5-8,11-14,17H,1,3-4,9-10,15-16H2. The zero-order valence-corrected chi connectivity index (χ0v) is 13.5. The van der Waals surface area contributed by atoms with E-state index < -0.39 is 0 Å². The van der Waals surface area contributed by atoms with E-state index >= 15 is 0 Å². The fourth-order valence-corrected chi connectivity index (χ4v) is 3.34. The molecule has 0 radical (unpaired) electrons. The van der Waals surface area contributed by atoms with E-state index in [1.165, 1.54) is 32.1 Å². The first-order chi connectivity index (χ1) is 11.3. The number of carbonyl (C=O) groups excluding carboxylic acids is 1. The van der Waals surface area contributed by atoms with Gasteiger partial charge in [0.05, 0.1) is 13.0 Å². The normalized spacial score (nSPS) is 15.3. The van der Waals surface area contributed by atoms with Crippen LogP contribution >= 0.6 is 0 Å². The highest BCUT2D eigenvalue weighted by atomic mass is 16.5. The van der Waals surface area contributed by atoms with Crippen LogP contribution in [-0.4, -0.2) is 12.6 Å². The van der Waals surface area contributed by atoms with Crippen LogP contribution in [0.1, 0.15) is 37.7 Å². The quantitative estimate of drug-likeness (QED) is 0.725. The van der Waals surface area contributed by atoms with Gasteiger partial charge in [-0.3, -0.25) is 4.79 Å². The molecule has 120 valence electrons. The van der Waals surface area contributed by atoms with E-state index in [-0.39, 0.29) is 5.97 Å². The van der Waals surface area contributed by atoms with Crippen molar-refractivity contribution in [2.24, 2.45) is 5.92 Å². The fraction of sp³-hybridized carbons (Fsp3) is 0.381. The lowest BCUT2D eigenvalue weighted by molar-refractivity contribution is -0.144. The Kier molecular flexibility index (Phi) is 5.46. The summed E-state index contributed by atoms with van der Waals surface area (Å²) in [5, 5.41) is 0. The average Bonchev–Trinajstić information content (AvgIpc) is 2.62. The van der Waals surface area contributed by atoms with E-state index in [4.69, 9.17) is 4.74 Å². The topological polar surface area (TPSA) is 26.3 Å². The molecule has 1 saturated carbocycles. The Bertz CT molecular complexity index is 627. The van der Waals surface area contributed by atoms with Crippen molar-refractivity contribution < 1.29 is 9.53 Å². The predicted molar refractivity (Wildman–Crippen MR) is 93.1 cm³/mol. The van der Waals surface area contributed by atoms with Crippen molar-refractivity contribution in [2.45, 2.75) is 38.5 Å². The summed E-state index contributed by atoms with van der Waals surface area (Å²) in [7, 11) is 0. The average molecular weight is 308 g/mol. The van der Waals surface area contributed by atoms with Gasteiger partial charge in [0, 0.05) is 0 Å². The Morgan fingerprint density at radius 1 is 0.913 bits per heavy atom. The van der Waals surface area contributed by atoms with Crippen LogP contribution < -0.4 is 0 Å². The lowest BCUT2D eigenvalue weighted by Gasteiger charge is -2.21. The highest BCUT2D eigenvalue weighted by Gasteiger charge is 2.16. The van der Waals surface area contributed by atoms with E-state index in [1.807, 2.05) is 36.4 Å². The van der Waals surface area contributed by atoms with Crippen LogP contribution in [-0.2, 0) is 16.0 Å². The molecule has 2 heteroatoms. The number of rotatable bonds is 5. The van der Waals surface area contributed by atoms with Crippen LogP contribution in [0.5, 0.6) is 0 Å². The summed E-state index contributed by atoms with van der Waals surface area (Å²) in [6, 6.07) is 18.3. The van der Waals surface area contributed by atoms with Crippen molar-refractivity contribution in [2.75, 3.05) is 6.61 Å². The molecule has 0 aliphatic heterocycles. The Hall–Kier alpha value is -2.09. The molecule has 0 heterocycles.